The van der Waals surface area contributed by atoms with Crippen LogP contribution in [0.25, 0.3) is 0 Å². The molecule has 5 heteroatoms. The highest BCUT2D eigenvalue weighted by molar-refractivity contribution is 7.91. The molecule has 19 heavy (non-hydrogen) atoms. The molecule has 1 N–H and O–H groups in total. The average Bonchev–Trinajstić information content (AvgIpc) is 2.88. The van der Waals surface area contributed by atoms with E-state index in [-0.39, 0.29) is 5.75 Å². The molecule has 1 aromatic heterocycles. The van der Waals surface area contributed by atoms with E-state index in [0.717, 1.165) is 18.4 Å². The van der Waals surface area contributed by atoms with Gasteiger partial charge in [-0.3, -0.25) is 4.98 Å². The van der Waals surface area contributed by atoms with E-state index in [0.29, 0.717) is 24.8 Å². The smallest absolute Gasteiger partial charge is 0.151 e. The van der Waals surface area contributed by atoms with Crippen LogP contribution in [0.4, 0.5) is 0 Å². The van der Waals surface area contributed by atoms with Crippen molar-refractivity contribution >= 4 is 9.84 Å². The van der Waals surface area contributed by atoms with Crippen molar-refractivity contribution in [1.29, 1.82) is 0 Å². The Balaban J connectivity index is 1.66. The standard InChI is InChI=1S/C14H22N2O2S/c17-19(18,12-13-4-1-2-5-13)9-8-16-11-14-6-3-7-15-10-14/h3,6-7,10,13,16H,1-2,4-5,8-9,11-12H2. The predicted molar refractivity (Wildman–Crippen MR) is 76.6 cm³/mol. The number of hydrogen-bond acceptors (Lipinski definition) is 4. The van der Waals surface area contributed by atoms with Crippen molar-refractivity contribution < 1.29 is 8.42 Å². The molecule has 0 radical (unpaired) electrons. The lowest BCUT2D eigenvalue weighted by Gasteiger charge is -2.10. The molecule has 1 aromatic rings. The molecule has 1 heterocycles. The van der Waals surface area contributed by atoms with Crippen LogP contribution < -0.4 is 5.32 Å². The zero-order valence-electron chi connectivity index (χ0n) is 11.2. The van der Waals surface area contributed by atoms with Crippen molar-refractivity contribution in [2.75, 3.05) is 18.1 Å². The topological polar surface area (TPSA) is 59.1 Å². The third-order valence-electron chi connectivity index (χ3n) is 3.61. The van der Waals surface area contributed by atoms with Crippen molar-refractivity contribution in [3.05, 3.63) is 30.1 Å². The first kappa shape index (κ1) is 14.5. The highest BCUT2D eigenvalue weighted by Gasteiger charge is 2.22. The van der Waals surface area contributed by atoms with Crippen LogP contribution in [-0.4, -0.2) is 31.5 Å². The second-order valence-corrected chi connectivity index (χ2v) is 7.53. The maximum atomic E-state index is 11.9. The largest absolute Gasteiger partial charge is 0.312 e. The minimum atomic E-state index is -2.90. The molecule has 1 saturated carbocycles. The number of hydrogen-bond donors (Lipinski definition) is 1. The molecule has 0 saturated heterocycles. The van der Waals surface area contributed by atoms with E-state index in [1.807, 2.05) is 12.1 Å². The van der Waals surface area contributed by atoms with Gasteiger partial charge in [-0.25, -0.2) is 8.42 Å². The quantitative estimate of drug-likeness (QED) is 0.774. The first-order chi connectivity index (χ1) is 9.16. The monoisotopic (exact) mass is 282 g/mol. The van der Waals surface area contributed by atoms with Gasteiger partial charge >= 0.3 is 0 Å². The lowest BCUT2D eigenvalue weighted by Crippen LogP contribution is -2.26. The molecule has 0 bridgehead atoms. The normalized spacial score (nSPS) is 16.8. The van der Waals surface area contributed by atoms with Crippen molar-refractivity contribution in [2.24, 2.45) is 5.92 Å². The molecule has 1 fully saturated rings. The molecule has 0 atom stereocenters. The van der Waals surface area contributed by atoms with Crippen molar-refractivity contribution in [3.63, 3.8) is 0 Å². The van der Waals surface area contributed by atoms with Gasteiger partial charge in [0.05, 0.1) is 11.5 Å². The minimum absolute atomic E-state index is 0.240. The lowest BCUT2D eigenvalue weighted by atomic mass is 10.1. The second-order valence-electron chi connectivity index (χ2n) is 5.30. The summed E-state index contributed by atoms with van der Waals surface area (Å²) < 4.78 is 23.9. The molecular formula is C14H22N2O2S. The van der Waals surface area contributed by atoms with Crippen LogP contribution in [0.5, 0.6) is 0 Å². The lowest BCUT2D eigenvalue weighted by molar-refractivity contribution is 0.555. The number of nitrogens with one attached hydrogen (secondary N) is 1. The van der Waals surface area contributed by atoms with Crippen molar-refractivity contribution in [1.82, 2.24) is 10.3 Å². The summed E-state index contributed by atoms with van der Waals surface area (Å²) in [7, 11) is -2.90. The Morgan fingerprint density at radius 1 is 1.32 bits per heavy atom. The Bertz CT molecular complexity index is 467. The maximum Gasteiger partial charge on any atom is 0.151 e. The number of sulfone groups is 1. The number of aromatic nitrogens is 1. The van der Waals surface area contributed by atoms with Crippen LogP contribution in [0.1, 0.15) is 31.2 Å². The van der Waals surface area contributed by atoms with Crippen LogP contribution in [-0.2, 0) is 16.4 Å². The third-order valence-corrected chi connectivity index (χ3v) is 5.41. The van der Waals surface area contributed by atoms with Crippen LogP contribution in [0, 0.1) is 5.92 Å². The highest BCUT2D eigenvalue weighted by Crippen LogP contribution is 2.25. The molecule has 1 aliphatic carbocycles. The molecule has 2 rings (SSSR count). The Morgan fingerprint density at radius 3 is 2.79 bits per heavy atom. The van der Waals surface area contributed by atoms with Gasteiger partial charge in [0.2, 0.25) is 0 Å². The van der Waals surface area contributed by atoms with E-state index in [9.17, 15) is 8.42 Å². The van der Waals surface area contributed by atoms with Gasteiger partial charge in [0, 0.05) is 25.5 Å². The zero-order chi connectivity index (χ0) is 13.6. The Hall–Kier alpha value is -0.940. The highest BCUT2D eigenvalue weighted by atomic mass is 32.2. The van der Waals surface area contributed by atoms with Crippen LogP contribution >= 0.6 is 0 Å². The maximum absolute atomic E-state index is 11.9. The van der Waals surface area contributed by atoms with Gasteiger partial charge in [-0.15, -0.1) is 0 Å². The summed E-state index contributed by atoms with van der Waals surface area (Å²) in [5.74, 6) is 1.02. The van der Waals surface area contributed by atoms with Gasteiger partial charge in [-0.1, -0.05) is 18.9 Å². The van der Waals surface area contributed by atoms with Crippen LogP contribution in [0.3, 0.4) is 0 Å². The molecule has 0 amide bonds. The summed E-state index contributed by atoms with van der Waals surface area (Å²) in [5.41, 5.74) is 1.08. The van der Waals surface area contributed by atoms with Crippen LogP contribution in [0.2, 0.25) is 0 Å². The molecule has 1 aliphatic rings. The molecule has 0 aliphatic heterocycles. The van der Waals surface area contributed by atoms with E-state index in [1.54, 1.807) is 12.4 Å². The molecule has 0 unspecified atom stereocenters. The first-order valence-corrected chi connectivity index (χ1v) is 8.78. The SMILES string of the molecule is O=S(=O)(CCNCc1cccnc1)CC1CCCC1. The van der Waals surface area contributed by atoms with Crippen molar-refractivity contribution in [2.45, 2.75) is 32.2 Å². The Kier molecular flexibility index (Phi) is 5.34. The van der Waals surface area contributed by atoms with Gasteiger partial charge < -0.3 is 5.32 Å². The van der Waals surface area contributed by atoms with Gasteiger partial charge in [-0.05, 0) is 30.4 Å². The Morgan fingerprint density at radius 2 is 2.11 bits per heavy atom. The van der Waals surface area contributed by atoms with E-state index < -0.39 is 9.84 Å². The van der Waals surface area contributed by atoms with E-state index >= 15 is 0 Å². The molecule has 0 spiro atoms. The van der Waals surface area contributed by atoms with Gasteiger partial charge in [0.1, 0.15) is 0 Å². The van der Waals surface area contributed by atoms with E-state index in [4.69, 9.17) is 0 Å². The third kappa shape index (κ3) is 5.28. The Labute approximate surface area is 115 Å². The summed E-state index contributed by atoms with van der Waals surface area (Å²) >= 11 is 0. The van der Waals surface area contributed by atoms with E-state index in [1.165, 1.54) is 12.8 Å². The summed E-state index contributed by atoms with van der Waals surface area (Å²) in [6, 6.07) is 3.86. The minimum Gasteiger partial charge on any atom is -0.312 e. The fourth-order valence-electron chi connectivity index (χ4n) is 2.58. The number of rotatable bonds is 7. The average molecular weight is 282 g/mol. The zero-order valence-corrected chi connectivity index (χ0v) is 12.0. The molecule has 0 aromatic carbocycles. The number of pyridine rings is 1. The van der Waals surface area contributed by atoms with Crippen LogP contribution in [0.15, 0.2) is 24.5 Å². The number of nitrogens with zero attached hydrogens (tertiary/aromatic N) is 1. The fraction of sp³-hybridized carbons (Fsp3) is 0.643. The summed E-state index contributed by atoms with van der Waals surface area (Å²) in [6.45, 7) is 1.19. The fourth-order valence-corrected chi connectivity index (χ4v) is 4.26. The van der Waals surface area contributed by atoms with Gasteiger partial charge in [-0.2, -0.15) is 0 Å². The summed E-state index contributed by atoms with van der Waals surface area (Å²) in [6.07, 6.45) is 8.08. The first-order valence-electron chi connectivity index (χ1n) is 6.96. The molecule has 106 valence electrons. The van der Waals surface area contributed by atoms with E-state index in [2.05, 4.69) is 10.3 Å². The van der Waals surface area contributed by atoms with Gasteiger partial charge in [0.25, 0.3) is 0 Å². The summed E-state index contributed by atoms with van der Waals surface area (Å²) in [5, 5.41) is 3.16. The predicted octanol–water partition coefficient (Wildman–Crippen LogP) is 1.78. The molecular weight excluding hydrogens is 260 g/mol. The van der Waals surface area contributed by atoms with Gasteiger partial charge in [0.15, 0.2) is 9.84 Å². The summed E-state index contributed by atoms with van der Waals surface area (Å²) in [4.78, 5) is 4.02. The van der Waals surface area contributed by atoms with Crippen molar-refractivity contribution in [3.8, 4) is 0 Å². The second kappa shape index (κ2) is 7.01. The molecule has 4 nitrogen and oxygen atoms in total.